The number of anilines is 1. The number of fused-ring (bicyclic) bond motifs is 12. The maximum atomic E-state index is 13.3. The first kappa shape index (κ1) is 27.8. The van der Waals surface area contributed by atoms with Gasteiger partial charge in [-0.25, -0.2) is 0 Å². The predicted octanol–water partition coefficient (Wildman–Crippen LogP) is 3.09. The van der Waals surface area contributed by atoms with Crippen LogP contribution in [0.15, 0.2) is 36.4 Å². The van der Waals surface area contributed by atoms with E-state index in [1.807, 2.05) is 36.4 Å². The first-order valence-corrected chi connectivity index (χ1v) is 14.0. The number of ether oxygens (including phenoxy) is 4. The molecule has 214 valence electrons. The first-order valence-electron chi connectivity index (χ1n) is 14.0. The zero-order valence-corrected chi connectivity index (χ0v) is 22.9. The van der Waals surface area contributed by atoms with Gasteiger partial charge >= 0.3 is 0 Å². The molecule has 40 heavy (non-hydrogen) atoms. The van der Waals surface area contributed by atoms with E-state index in [0.717, 1.165) is 11.1 Å². The molecule has 1 saturated heterocycles. The molecule has 0 radical (unpaired) electrons. The summed E-state index contributed by atoms with van der Waals surface area (Å²) in [5, 5.41) is 5.82. The molecule has 10 nitrogen and oxygen atoms in total. The molecule has 0 aromatic heterocycles. The summed E-state index contributed by atoms with van der Waals surface area (Å²) in [6.45, 7) is 2.58. The van der Waals surface area contributed by atoms with Crippen LogP contribution in [0.25, 0.3) is 0 Å². The van der Waals surface area contributed by atoms with E-state index < -0.39 is 0 Å². The number of methoxy groups -OCH3 is 1. The van der Waals surface area contributed by atoms with Gasteiger partial charge in [0, 0.05) is 49.8 Å². The van der Waals surface area contributed by atoms with Crippen molar-refractivity contribution >= 4 is 23.4 Å². The van der Waals surface area contributed by atoms with Crippen molar-refractivity contribution in [3.63, 3.8) is 0 Å². The fourth-order valence-electron chi connectivity index (χ4n) is 5.50. The van der Waals surface area contributed by atoms with Gasteiger partial charge in [0.05, 0.1) is 26.8 Å². The lowest BCUT2D eigenvalue weighted by atomic mass is 9.84. The van der Waals surface area contributed by atoms with Crippen molar-refractivity contribution in [2.24, 2.45) is 5.92 Å². The molecule has 4 aliphatic rings. The van der Waals surface area contributed by atoms with Crippen LogP contribution in [-0.2, 0) is 19.1 Å². The van der Waals surface area contributed by atoms with E-state index >= 15 is 0 Å². The van der Waals surface area contributed by atoms with Gasteiger partial charge in [-0.15, -0.1) is 0 Å². The number of rotatable bonds is 2. The Morgan fingerprint density at radius 2 is 1.82 bits per heavy atom. The number of amides is 3. The molecule has 4 aliphatic heterocycles. The second-order valence-electron chi connectivity index (χ2n) is 10.4. The molecule has 6 bridgehead atoms. The third kappa shape index (κ3) is 6.67. The van der Waals surface area contributed by atoms with Crippen molar-refractivity contribution in [1.29, 1.82) is 0 Å². The molecule has 2 N–H and O–H groups in total. The molecule has 2 aromatic rings. The SMILES string of the molecule is COc1ccc2cc1OCCCCN(C(=O)C1CCOCC1)CC(=O)NCCOc1ccc3c(c1)NC(=O)CC23. The third-order valence-electron chi connectivity index (χ3n) is 7.64. The van der Waals surface area contributed by atoms with Crippen molar-refractivity contribution in [3.8, 4) is 17.2 Å². The van der Waals surface area contributed by atoms with Crippen molar-refractivity contribution < 1.29 is 33.3 Å². The lowest BCUT2D eigenvalue weighted by Crippen LogP contribution is -2.45. The summed E-state index contributed by atoms with van der Waals surface area (Å²) >= 11 is 0. The Bertz CT molecular complexity index is 1230. The highest BCUT2D eigenvalue weighted by Gasteiger charge is 2.29. The molecule has 6 rings (SSSR count). The highest BCUT2D eigenvalue weighted by Crippen LogP contribution is 2.41. The minimum atomic E-state index is -0.225. The monoisotopic (exact) mass is 551 g/mol. The molecule has 1 unspecified atom stereocenters. The molecule has 0 aliphatic carbocycles. The van der Waals surface area contributed by atoms with Gasteiger partial charge in [0.1, 0.15) is 12.4 Å². The Morgan fingerprint density at radius 3 is 2.65 bits per heavy atom. The van der Waals surface area contributed by atoms with Crippen molar-refractivity contribution in [1.82, 2.24) is 10.2 Å². The van der Waals surface area contributed by atoms with Gasteiger partial charge in [0.15, 0.2) is 11.5 Å². The summed E-state index contributed by atoms with van der Waals surface area (Å²) in [5.41, 5.74) is 2.67. The maximum absolute atomic E-state index is 13.3. The van der Waals surface area contributed by atoms with Gasteiger partial charge in [0.25, 0.3) is 0 Å². The molecule has 3 amide bonds. The van der Waals surface area contributed by atoms with Crippen LogP contribution in [0.3, 0.4) is 0 Å². The summed E-state index contributed by atoms with van der Waals surface area (Å²) in [7, 11) is 1.60. The summed E-state index contributed by atoms with van der Waals surface area (Å²) in [6, 6.07) is 11.4. The molecule has 4 heterocycles. The van der Waals surface area contributed by atoms with Gasteiger partial charge in [0.2, 0.25) is 17.7 Å². The van der Waals surface area contributed by atoms with Gasteiger partial charge in [-0.1, -0.05) is 12.1 Å². The quantitative estimate of drug-likeness (QED) is 0.551. The van der Waals surface area contributed by atoms with E-state index in [9.17, 15) is 14.4 Å². The Morgan fingerprint density at radius 1 is 0.975 bits per heavy atom. The predicted molar refractivity (Wildman–Crippen MR) is 148 cm³/mol. The Kier molecular flexibility index (Phi) is 9.05. The van der Waals surface area contributed by atoms with Crippen LogP contribution in [0.5, 0.6) is 17.2 Å². The lowest BCUT2D eigenvalue weighted by Gasteiger charge is -2.29. The number of nitrogens with zero attached hydrogens (tertiary/aromatic N) is 1. The van der Waals surface area contributed by atoms with E-state index in [4.69, 9.17) is 18.9 Å². The number of carbonyl (C=O) groups is 3. The molecule has 1 atom stereocenters. The average Bonchev–Trinajstić information content (AvgIpc) is 2.97. The van der Waals surface area contributed by atoms with E-state index in [-0.39, 0.29) is 42.7 Å². The topological polar surface area (TPSA) is 115 Å². The number of nitrogens with one attached hydrogen (secondary N) is 2. The smallest absolute Gasteiger partial charge is 0.239 e. The zero-order chi connectivity index (χ0) is 27.9. The van der Waals surface area contributed by atoms with Crippen LogP contribution in [-0.4, -0.2) is 75.8 Å². The van der Waals surface area contributed by atoms with Crippen molar-refractivity contribution in [3.05, 3.63) is 47.5 Å². The van der Waals surface area contributed by atoms with Gasteiger partial charge < -0.3 is 34.5 Å². The maximum Gasteiger partial charge on any atom is 0.239 e. The summed E-state index contributed by atoms with van der Waals surface area (Å²) in [5.74, 6) is 1.27. The van der Waals surface area contributed by atoms with Crippen LogP contribution < -0.4 is 24.8 Å². The lowest BCUT2D eigenvalue weighted by molar-refractivity contribution is -0.142. The largest absolute Gasteiger partial charge is 0.493 e. The molecule has 2 aromatic carbocycles. The highest BCUT2D eigenvalue weighted by molar-refractivity contribution is 5.95. The van der Waals surface area contributed by atoms with E-state index in [1.165, 1.54) is 0 Å². The van der Waals surface area contributed by atoms with E-state index in [1.54, 1.807) is 12.0 Å². The van der Waals surface area contributed by atoms with Gasteiger partial charge in [-0.2, -0.15) is 0 Å². The van der Waals surface area contributed by atoms with Crippen molar-refractivity contribution in [2.45, 2.75) is 38.0 Å². The molecule has 1 fully saturated rings. The van der Waals surface area contributed by atoms with Crippen LogP contribution in [0.2, 0.25) is 0 Å². The van der Waals surface area contributed by atoms with E-state index in [0.29, 0.717) is 88.0 Å². The summed E-state index contributed by atoms with van der Waals surface area (Å²) < 4.78 is 23.0. The number of hydrogen-bond donors (Lipinski definition) is 2. The van der Waals surface area contributed by atoms with Crippen LogP contribution in [0, 0.1) is 5.92 Å². The molecule has 0 saturated carbocycles. The number of carbonyl (C=O) groups excluding carboxylic acids is 3. The molecular weight excluding hydrogens is 514 g/mol. The third-order valence-corrected chi connectivity index (χ3v) is 7.64. The fraction of sp³-hybridized carbons (Fsp3) is 0.500. The Hall–Kier alpha value is -3.79. The Balaban J connectivity index is 1.37. The summed E-state index contributed by atoms with van der Waals surface area (Å²) in [6.07, 6.45) is 3.05. The number of hydrogen-bond acceptors (Lipinski definition) is 7. The second-order valence-corrected chi connectivity index (χ2v) is 10.4. The van der Waals surface area contributed by atoms with Crippen LogP contribution in [0.1, 0.15) is 49.1 Å². The summed E-state index contributed by atoms with van der Waals surface area (Å²) in [4.78, 5) is 40.3. The molecule has 10 heteroatoms. The van der Waals surface area contributed by atoms with Gasteiger partial charge in [-0.3, -0.25) is 14.4 Å². The minimum Gasteiger partial charge on any atom is -0.493 e. The Labute approximate surface area is 234 Å². The zero-order valence-electron chi connectivity index (χ0n) is 22.9. The molecule has 0 spiro atoms. The average molecular weight is 552 g/mol. The highest BCUT2D eigenvalue weighted by atomic mass is 16.5. The normalized spacial score (nSPS) is 20.9. The molecular formula is C30H37N3O7. The fourth-order valence-corrected chi connectivity index (χ4v) is 5.50. The minimum absolute atomic E-state index is 0.000813. The first-order chi connectivity index (χ1) is 19.5. The number of benzene rings is 2. The van der Waals surface area contributed by atoms with Crippen LogP contribution >= 0.6 is 0 Å². The van der Waals surface area contributed by atoms with Crippen molar-refractivity contribution in [2.75, 3.05) is 58.5 Å². The van der Waals surface area contributed by atoms with Crippen LogP contribution in [0.4, 0.5) is 5.69 Å². The van der Waals surface area contributed by atoms with E-state index in [2.05, 4.69) is 10.6 Å². The standard InChI is InChI=1S/C30H37N3O7/c1-37-26-7-4-21-16-27(26)40-12-3-2-11-33(30(36)20-8-13-38-14-9-20)19-29(35)31-10-15-39-22-5-6-23-24(21)18-28(34)32-25(23)17-22/h4-7,16-17,20,24H,2-3,8-15,18-19H2,1H3,(H,31,35)(H,32,34). The second kappa shape index (κ2) is 13.0. The van der Waals surface area contributed by atoms with Gasteiger partial charge in [-0.05, 0) is 55.0 Å².